The predicted octanol–water partition coefficient (Wildman–Crippen LogP) is -1.66. The minimum Gasteiger partial charge on any atom is -0.480 e. The van der Waals surface area contributed by atoms with Gasteiger partial charge in [-0.15, -0.1) is 0 Å². The Bertz CT molecular complexity index is 656. The Morgan fingerprint density at radius 3 is 2.22 bits per heavy atom. The number of hydrogen-bond donors (Lipinski definition) is 7. The highest BCUT2D eigenvalue weighted by molar-refractivity contribution is 7.98. The summed E-state index contributed by atoms with van der Waals surface area (Å²) in [6.45, 7) is 3.68. The van der Waals surface area contributed by atoms with Crippen LogP contribution < -0.4 is 33.2 Å². The fourth-order valence-electron chi connectivity index (χ4n) is 2.70. The molecule has 0 aromatic carbocycles. The monoisotopic (exact) mass is 475 g/mol. The van der Waals surface area contributed by atoms with E-state index in [-0.39, 0.29) is 24.8 Å². The SMILES string of the molecule is CSCCC(NC(=O)C(N)CC(C)C)C(=O)NCC(=O)NC(CCCN=C(N)N)C(=O)O. The lowest BCUT2D eigenvalue weighted by molar-refractivity contribution is -0.142. The molecule has 12 nitrogen and oxygen atoms in total. The van der Waals surface area contributed by atoms with Gasteiger partial charge >= 0.3 is 5.97 Å². The number of nitrogens with two attached hydrogens (primary N) is 3. The molecule has 0 spiro atoms. The molecule has 0 radical (unpaired) electrons. The number of carbonyl (C=O) groups is 4. The Kier molecular flexibility index (Phi) is 14.9. The Morgan fingerprint density at radius 1 is 1.03 bits per heavy atom. The fraction of sp³-hybridized carbons (Fsp3) is 0.737. The van der Waals surface area contributed by atoms with Gasteiger partial charge in [-0.05, 0) is 43.6 Å². The number of aliphatic carboxylic acids is 1. The molecule has 0 rings (SSSR count). The zero-order valence-corrected chi connectivity index (χ0v) is 19.7. The van der Waals surface area contributed by atoms with Crippen molar-refractivity contribution in [2.45, 2.75) is 57.7 Å². The Balaban J connectivity index is 4.75. The van der Waals surface area contributed by atoms with E-state index in [1.165, 1.54) is 11.8 Å². The molecular weight excluding hydrogens is 438 g/mol. The minimum atomic E-state index is -1.21. The van der Waals surface area contributed by atoms with E-state index in [4.69, 9.17) is 17.2 Å². The van der Waals surface area contributed by atoms with Crippen molar-refractivity contribution < 1.29 is 24.3 Å². The van der Waals surface area contributed by atoms with Crippen LogP contribution in [0.3, 0.4) is 0 Å². The van der Waals surface area contributed by atoms with Crippen molar-refractivity contribution in [2.24, 2.45) is 28.1 Å². The molecule has 0 aliphatic rings. The van der Waals surface area contributed by atoms with Gasteiger partial charge in [0, 0.05) is 6.54 Å². The molecule has 3 atom stereocenters. The van der Waals surface area contributed by atoms with Gasteiger partial charge in [0.05, 0.1) is 12.6 Å². The van der Waals surface area contributed by atoms with E-state index in [0.717, 1.165) is 0 Å². The topological polar surface area (TPSA) is 215 Å². The van der Waals surface area contributed by atoms with Gasteiger partial charge in [-0.25, -0.2) is 4.79 Å². The van der Waals surface area contributed by atoms with Crippen LogP contribution in [0.25, 0.3) is 0 Å². The molecule has 0 saturated carbocycles. The van der Waals surface area contributed by atoms with E-state index < -0.39 is 48.4 Å². The van der Waals surface area contributed by atoms with Gasteiger partial charge < -0.3 is 38.3 Å². The van der Waals surface area contributed by atoms with Crippen LogP contribution in [0.4, 0.5) is 0 Å². The standard InChI is InChI=1S/C19H37N7O5S/c1-11(2)9-12(20)16(28)26-13(6-8-32-3)17(29)24-10-15(27)25-14(18(30)31)5-4-7-23-19(21)22/h11-14H,4-10,20H2,1-3H3,(H,24,29)(H,25,27)(H,26,28)(H,30,31)(H4,21,22,23). The van der Waals surface area contributed by atoms with Crippen molar-refractivity contribution in [3.8, 4) is 0 Å². The number of carboxylic acid groups (broad SMARTS) is 1. The summed E-state index contributed by atoms with van der Waals surface area (Å²) in [5.41, 5.74) is 16.3. The first-order valence-electron chi connectivity index (χ1n) is 10.4. The van der Waals surface area contributed by atoms with Crippen LogP contribution >= 0.6 is 11.8 Å². The zero-order valence-electron chi connectivity index (χ0n) is 18.9. The Hall–Kier alpha value is -2.54. The number of carboxylic acids is 1. The fourth-order valence-corrected chi connectivity index (χ4v) is 3.17. The highest BCUT2D eigenvalue weighted by Crippen LogP contribution is 2.05. The molecule has 0 aromatic heterocycles. The van der Waals surface area contributed by atoms with Crippen molar-refractivity contribution in [1.82, 2.24) is 16.0 Å². The quantitative estimate of drug-likeness (QED) is 0.0771. The number of carbonyl (C=O) groups excluding carboxylic acids is 3. The van der Waals surface area contributed by atoms with Crippen LogP contribution in [-0.4, -0.2) is 78.0 Å². The predicted molar refractivity (Wildman–Crippen MR) is 125 cm³/mol. The maximum Gasteiger partial charge on any atom is 0.326 e. The second-order valence-corrected chi connectivity index (χ2v) is 8.69. The van der Waals surface area contributed by atoms with Crippen molar-refractivity contribution in [2.75, 3.05) is 25.1 Å². The molecule has 0 aliphatic carbocycles. The van der Waals surface area contributed by atoms with Gasteiger partial charge in [0.1, 0.15) is 12.1 Å². The molecule has 0 bridgehead atoms. The number of rotatable bonds is 16. The normalized spacial score (nSPS) is 13.5. The van der Waals surface area contributed by atoms with E-state index in [1.54, 1.807) is 0 Å². The largest absolute Gasteiger partial charge is 0.480 e. The summed E-state index contributed by atoms with van der Waals surface area (Å²) in [6, 6.07) is -2.73. The van der Waals surface area contributed by atoms with E-state index in [9.17, 15) is 24.3 Å². The number of aliphatic imine (C=N–C) groups is 1. The summed E-state index contributed by atoms with van der Waals surface area (Å²) < 4.78 is 0. The summed E-state index contributed by atoms with van der Waals surface area (Å²) in [4.78, 5) is 52.0. The second kappa shape index (κ2) is 16.1. The molecule has 13 heteroatoms. The van der Waals surface area contributed by atoms with Gasteiger partial charge in [-0.1, -0.05) is 13.8 Å². The highest BCUT2D eigenvalue weighted by atomic mass is 32.2. The average molecular weight is 476 g/mol. The van der Waals surface area contributed by atoms with Crippen LogP contribution in [-0.2, 0) is 19.2 Å². The molecule has 184 valence electrons. The Morgan fingerprint density at radius 2 is 1.69 bits per heavy atom. The van der Waals surface area contributed by atoms with E-state index in [2.05, 4.69) is 20.9 Å². The Labute approximate surface area is 192 Å². The van der Waals surface area contributed by atoms with Gasteiger partial charge in [0.15, 0.2) is 5.96 Å². The van der Waals surface area contributed by atoms with E-state index >= 15 is 0 Å². The molecule has 0 aliphatic heterocycles. The van der Waals surface area contributed by atoms with Crippen LogP contribution in [0, 0.1) is 5.92 Å². The van der Waals surface area contributed by atoms with Crippen LogP contribution in [0.15, 0.2) is 4.99 Å². The van der Waals surface area contributed by atoms with Gasteiger partial charge in [0.25, 0.3) is 0 Å². The molecular formula is C19H37N7O5S. The first-order chi connectivity index (χ1) is 15.0. The molecule has 0 saturated heterocycles. The summed E-state index contributed by atoms with van der Waals surface area (Å²) in [6.07, 6.45) is 3.17. The number of hydrogen-bond acceptors (Lipinski definition) is 7. The lowest BCUT2D eigenvalue weighted by Crippen LogP contribution is -2.53. The summed E-state index contributed by atoms with van der Waals surface area (Å²) >= 11 is 1.51. The maximum atomic E-state index is 12.5. The second-order valence-electron chi connectivity index (χ2n) is 7.70. The summed E-state index contributed by atoms with van der Waals surface area (Å²) in [5, 5.41) is 16.7. The lowest BCUT2D eigenvalue weighted by Gasteiger charge is -2.21. The number of nitrogens with one attached hydrogen (secondary N) is 3. The maximum absolute atomic E-state index is 12.5. The van der Waals surface area contributed by atoms with Crippen molar-refractivity contribution in [1.29, 1.82) is 0 Å². The molecule has 32 heavy (non-hydrogen) atoms. The van der Waals surface area contributed by atoms with Gasteiger partial charge in [-0.2, -0.15) is 11.8 Å². The number of guanidine groups is 1. The molecule has 0 aromatic rings. The number of thioether (sulfide) groups is 1. The first-order valence-corrected chi connectivity index (χ1v) is 11.8. The number of amides is 3. The van der Waals surface area contributed by atoms with Crippen molar-refractivity contribution in [3.05, 3.63) is 0 Å². The van der Waals surface area contributed by atoms with Crippen LogP contribution in [0.5, 0.6) is 0 Å². The van der Waals surface area contributed by atoms with E-state index in [0.29, 0.717) is 25.0 Å². The van der Waals surface area contributed by atoms with Crippen LogP contribution in [0.1, 0.15) is 39.5 Å². The lowest BCUT2D eigenvalue weighted by atomic mass is 10.0. The first kappa shape index (κ1) is 29.5. The van der Waals surface area contributed by atoms with Crippen LogP contribution in [0.2, 0.25) is 0 Å². The third-order valence-corrected chi connectivity index (χ3v) is 4.95. The molecule has 3 amide bonds. The smallest absolute Gasteiger partial charge is 0.326 e. The van der Waals surface area contributed by atoms with Crippen molar-refractivity contribution >= 4 is 41.4 Å². The minimum absolute atomic E-state index is 0.100. The molecule has 10 N–H and O–H groups in total. The third-order valence-electron chi connectivity index (χ3n) is 4.31. The molecule has 0 fully saturated rings. The highest BCUT2D eigenvalue weighted by Gasteiger charge is 2.25. The average Bonchev–Trinajstić information content (AvgIpc) is 2.70. The summed E-state index contributed by atoms with van der Waals surface area (Å²) in [7, 11) is 0. The zero-order chi connectivity index (χ0) is 24.7. The molecule has 0 heterocycles. The number of nitrogens with zero attached hydrogens (tertiary/aromatic N) is 1. The van der Waals surface area contributed by atoms with Gasteiger partial charge in [-0.3, -0.25) is 19.4 Å². The third kappa shape index (κ3) is 13.7. The van der Waals surface area contributed by atoms with Gasteiger partial charge in [0.2, 0.25) is 17.7 Å². The van der Waals surface area contributed by atoms with E-state index in [1.807, 2.05) is 20.1 Å². The summed E-state index contributed by atoms with van der Waals surface area (Å²) in [5.74, 6) is -2.12. The molecule has 3 unspecified atom stereocenters. The van der Waals surface area contributed by atoms with Crippen molar-refractivity contribution in [3.63, 3.8) is 0 Å².